The highest BCUT2D eigenvalue weighted by atomic mass is 16.6. The standard InChI is InChI=1S/C14H14N2O3/c1-9(2)15-14(17)11-7-3-5-10-6-4-8-12(13(10)11)16(18)19/h3-9H,1-2H3,(H,15,17). The molecule has 0 atom stereocenters. The molecule has 0 unspecified atom stereocenters. The van der Waals surface area contributed by atoms with Gasteiger partial charge in [0.15, 0.2) is 0 Å². The average Bonchev–Trinajstić information content (AvgIpc) is 2.36. The molecule has 98 valence electrons. The third-order valence-corrected chi connectivity index (χ3v) is 2.74. The molecule has 0 fully saturated rings. The SMILES string of the molecule is CC(C)NC(=O)c1cccc2cccc([N+](=O)[O-])c12. The second kappa shape index (κ2) is 5.06. The van der Waals surface area contributed by atoms with E-state index in [-0.39, 0.29) is 17.6 Å². The molecule has 0 aliphatic heterocycles. The predicted molar refractivity (Wildman–Crippen MR) is 73.2 cm³/mol. The van der Waals surface area contributed by atoms with Crippen molar-refractivity contribution < 1.29 is 9.72 Å². The van der Waals surface area contributed by atoms with E-state index in [4.69, 9.17) is 0 Å². The van der Waals surface area contributed by atoms with Crippen LogP contribution in [0.5, 0.6) is 0 Å². The summed E-state index contributed by atoms with van der Waals surface area (Å²) < 4.78 is 0. The Balaban J connectivity index is 2.67. The summed E-state index contributed by atoms with van der Waals surface area (Å²) in [5.41, 5.74) is 0.283. The molecule has 5 heteroatoms. The number of nitrogens with zero attached hydrogens (tertiary/aromatic N) is 1. The molecule has 0 heterocycles. The number of hydrogen-bond acceptors (Lipinski definition) is 3. The number of fused-ring (bicyclic) bond motifs is 1. The Kier molecular flexibility index (Phi) is 3.46. The van der Waals surface area contributed by atoms with E-state index in [0.29, 0.717) is 16.3 Å². The molecule has 0 spiro atoms. The maximum Gasteiger partial charge on any atom is 0.277 e. The van der Waals surface area contributed by atoms with Crippen molar-refractivity contribution in [1.29, 1.82) is 0 Å². The fraction of sp³-hybridized carbons (Fsp3) is 0.214. The first-order valence-corrected chi connectivity index (χ1v) is 5.97. The fourth-order valence-corrected chi connectivity index (χ4v) is 2.00. The van der Waals surface area contributed by atoms with E-state index in [1.54, 1.807) is 30.3 Å². The van der Waals surface area contributed by atoms with Gasteiger partial charge in [-0.15, -0.1) is 0 Å². The molecule has 0 saturated carbocycles. The van der Waals surface area contributed by atoms with E-state index in [0.717, 1.165) is 0 Å². The highest BCUT2D eigenvalue weighted by Gasteiger charge is 2.19. The smallest absolute Gasteiger partial charge is 0.277 e. The zero-order valence-electron chi connectivity index (χ0n) is 10.7. The quantitative estimate of drug-likeness (QED) is 0.679. The summed E-state index contributed by atoms with van der Waals surface area (Å²) in [6.45, 7) is 3.69. The molecule has 1 amide bonds. The van der Waals surface area contributed by atoms with Gasteiger partial charge in [-0.3, -0.25) is 14.9 Å². The number of rotatable bonds is 3. The van der Waals surface area contributed by atoms with Crippen LogP contribution in [0.4, 0.5) is 5.69 Å². The second-order valence-electron chi connectivity index (χ2n) is 4.57. The van der Waals surface area contributed by atoms with E-state index in [9.17, 15) is 14.9 Å². The second-order valence-corrected chi connectivity index (χ2v) is 4.57. The highest BCUT2D eigenvalue weighted by molar-refractivity contribution is 6.10. The van der Waals surface area contributed by atoms with Gasteiger partial charge in [-0.05, 0) is 25.3 Å². The van der Waals surface area contributed by atoms with Gasteiger partial charge in [0.25, 0.3) is 11.6 Å². The summed E-state index contributed by atoms with van der Waals surface area (Å²) >= 11 is 0. The fourth-order valence-electron chi connectivity index (χ4n) is 2.00. The molecule has 19 heavy (non-hydrogen) atoms. The summed E-state index contributed by atoms with van der Waals surface area (Å²) in [7, 11) is 0. The molecular weight excluding hydrogens is 244 g/mol. The number of nitro groups is 1. The van der Waals surface area contributed by atoms with E-state index < -0.39 is 4.92 Å². The van der Waals surface area contributed by atoms with E-state index in [1.165, 1.54) is 6.07 Å². The number of carbonyl (C=O) groups excluding carboxylic acids is 1. The lowest BCUT2D eigenvalue weighted by atomic mass is 10.0. The van der Waals surface area contributed by atoms with Crippen LogP contribution in [-0.2, 0) is 0 Å². The molecule has 2 aromatic rings. The van der Waals surface area contributed by atoms with Crippen molar-refractivity contribution >= 4 is 22.4 Å². The Morgan fingerprint density at radius 1 is 1.21 bits per heavy atom. The third-order valence-electron chi connectivity index (χ3n) is 2.74. The number of benzene rings is 2. The summed E-state index contributed by atoms with van der Waals surface area (Å²) in [5.74, 6) is -0.296. The predicted octanol–water partition coefficient (Wildman–Crippen LogP) is 2.89. The lowest BCUT2D eigenvalue weighted by Crippen LogP contribution is -2.30. The molecule has 2 rings (SSSR count). The monoisotopic (exact) mass is 258 g/mol. The number of nitro benzene ring substituents is 1. The van der Waals surface area contributed by atoms with Gasteiger partial charge in [-0.1, -0.05) is 24.3 Å². The number of nitrogens with one attached hydrogen (secondary N) is 1. The van der Waals surface area contributed by atoms with Crippen LogP contribution in [0.2, 0.25) is 0 Å². The third kappa shape index (κ3) is 2.54. The minimum absolute atomic E-state index is 0.0227. The van der Waals surface area contributed by atoms with Crippen LogP contribution in [0.1, 0.15) is 24.2 Å². The van der Waals surface area contributed by atoms with Gasteiger partial charge in [-0.25, -0.2) is 0 Å². The van der Waals surface area contributed by atoms with E-state index >= 15 is 0 Å². The van der Waals surface area contributed by atoms with Crippen molar-refractivity contribution in [3.05, 3.63) is 52.1 Å². The molecule has 5 nitrogen and oxygen atoms in total. The van der Waals surface area contributed by atoms with Gasteiger partial charge in [0.05, 0.1) is 15.9 Å². The zero-order valence-corrected chi connectivity index (χ0v) is 10.7. The minimum Gasteiger partial charge on any atom is -0.350 e. The van der Waals surface area contributed by atoms with E-state index in [1.807, 2.05) is 13.8 Å². The molecule has 0 saturated heterocycles. The minimum atomic E-state index is -0.464. The number of amides is 1. The molecule has 0 aliphatic rings. The Morgan fingerprint density at radius 2 is 1.84 bits per heavy atom. The first-order valence-electron chi connectivity index (χ1n) is 5.97. The summed E-state index contributed by atoms with van der Waals surface area (Å²) in [6.07, 6.45) is 0. The Hall–Kier alpha value is -2.43. The molecule has 1 N–H and O–H groups in total. The maximum atomic E-state index is 12.1. The van der Waals surface area contributed by atoms with Crippen LogP contribution in [0, 0.1) is 10.1 Å². The first-order chi connectivity index (χ1) is 9.00. The van der Waals surface area contributed by atoms with Crippen LogP contribution in [0.15, 0.2) is 36.4 Å². The molecule has 0 radical (unpaired) electrons. The first kappa shape index (κ1) is 13.0. The van der Waals surface area contributed by atoms with Gasteiger partial charge < -0.3 is 5.32 Å². The van der Waals surface area contributed by atoms with Gasteiger partial charge in [-0.2, -0.15) is 0 Å². The van der Waals surface area contributed by atoms with Crippen molar-refractivity contribution in [1.82, 2.24) is 5.32 Å². The normalized spacial score (nSPS) is 10.7. The van der Waals surface area contributed by atoms with Crippen molar-refractivity contribution in [2.75, 3.05) is 0 Å². The Bertz CT molecular complexity index is 645. The summed E-state index contributed by atoms with van der Waals surface area (Å²) in [4.78, 5) is 22.7. The average molecular weight is 258 g/mol. The number of carbonyl (C=O) groups is 1. The van der Waals surface area contributed by atoms with Crippen molar-refractivity contribution in [2.24, 2.45) is 0 Å². The lowest BCUT2D eigenvalue weighted by Gasteiger charge is -2.10. The summed E-state index contributed by atoms with van der Waals surface area (Å²) in [6, 6.07) is 9.85. The van der Waals surface area contributed by atoms with Crippen LogP contribution in [-0.4, -0.2) is 16.9 Å². The Labute approximate surface area is 110 Å². The lowest BCUT2D eigenvalue weighted by molar-refractivity contribution is -0.383. The molecule has 0 bridgehead atoms. The number of non-ortho nitro benzene ring substituents is 1. The molecular formula is C14H14N2O3. The Morgan fingerprint density at radius 3 is 2.42 bits per heavy atom. The zero-order chi connectivity index (χ0) is 14.0. The highest BCUT2D eigenvalue weighted by Crippen LogP contribution is 2.28. The van der Waals surface area contributed by atoms with Crippen molar-refractivity contribution in [3.8, 4) is 0 Å². The van der Waals surface area contributed by atoms with Crippen molar-refractivity contribution in [2.45, 2.75) is 19.9 Å². The molecule has 2 aromatic carbocycles. The molecule has 0 aromatic heterocycles. The van der Waals surface area contributed by atoms with Crippen LogP contribution < -0.4 is 5.32 Å². The summed E-state index contributed by atoms with van der Waals surface area (Å²) in [5, 5.41) is 14.9. The van der Waals surface area contributed by atoms with Crippen molar-refractivity contribution in [3.63, 3.8) is 0 Å². The largest absolute Gasteiger partial charge is 0.350 e. The van der Waals surface area contributed by atoms with Gasteiger partial charge in [0.2, 0.25) is 0 Å². The topological polar surface area (TPSA) is 72.2 Å². The van der Waals surface area contributed by atoms with Gasteiger partial charge in [0.1, 0.15) is 0 Å². The number of hydrogen-bond donors (Lipinski definition) is 1. The van der Waals surface area contributed by atoms with Crippen LogP contribution in [0.3, 0.4) is 0 Å². The van der Waals surface area contributed by atoms with Crippen LogP contribution in [0.25, 0.3) is 10.8 Å². The molecule has 0 aliphatic carbocycles. The van der Waals surface area contributed by atoms with E-state index in [2.05, 4.69) is 5.32 Å². The van der Waals surface area contributed by atoms with Crippen LogP contribution >= 0.6 is 0 Å². The van der Waals surface area contributed by atoms with Gasteiger partial charge in [0, 0.05) is 12.1 Å². The maximum absolute atomic E-state index is 12.1. The van der Waals surface area contributed by atoms with Gasteiger partial charge >= 0.3 is 0 Å².